The van der Waals surface area contributed by atoms with Crippen molar-refractivity contribution in [3.05, 3.63) is 5.82 Å². The second kappa shape index (κ2) is 8.14. The largest absolute Gasteiger partial charge is 0.379 e. The summed E-state index contributed by atoms with van der Waals surface area (Å²) in [6.45, 7) is 10.3. The summed E-state index contributed by atoms with van der Waals surface area (Å²) in [5.74, 6) is 1.43. The summed E-state index contributed by atoms with van der Waals surface area (Å²) in [6.07, 6.45) is 1.11. The Balaban J connectivity index is 2.25. The third kappa shape index (κ3) is 5.74. The van der Waals surface area contributed by atoms with Crippen LogP contribution in [0, 0.1) is 5.92 Å². The fourth-order valence-electron chi connectivity index (χ4n) is 1.37. The molecule has 0 saturated heterocycles. The van der Waals surface area contributed by atoms with Crippen molar-refractivity contribution in [1.82, 2.24) is 25.5 Å². The van der Waals surface area contributed by atoms with Gasteiger partial charge in [-0.3, -0.25) is 0 Å². The lowest BCUT2D eigenvalue weighted by Gasteiger charge is -2.08. The molecule has 0 saturated carbocycles. The zero-order valence-electron chi connectivity index (χ0n) is 11.0. The molecule has 0 amide bonds. The standard InChI is InChI=1S/C11H23N5O/c1-4-5-12-8-11-13-14-15-16(11)6-7-17-9-10(2)3/h10,12H,4-9H2,1-3H3. The molecule has 0 unspecified atom stereocenters. The van der Waals surface area contributed by atoms with E-state index in [4.69, 9.17) is 4.74 Å². The Kier molecular flexibility index (Phi) is 6.73. The minimum absolute atomic E-state index is 0.564. The van der Waals surface area contributed by atoms with Gasteiger partial charge in [0.05, 0.1) is 19.7 Å². The molecular weight excluding hydrogens is 218 g/mol. The Morgan fingerprint density at radius 3 is 2.94 bits per heavy atom. The third-order valence-electron chi connectivity index (χ3n) is 2.21. The van der Waals surface area contributed by atoms with Crippen LogP contribution in [0.15, 0.2) is 0 Å². The molecule has 0 bridgehead atoms. The van der Waals surface area contributed by atoms with Crippen LogP contribution < -0.4 is 5.32 Å². The Labute approximate surface area is 103 Å². The molecule has 0 aliphatic carbocycles. The molecule has 1 N–H and O–H groups in total. The highest BCUT2D eigenvalue weighted by Crippen LogP contribution is 1.95. The van der Waals surface area contributed by atoms with Gasteiger partial charge in [-0.05, 0) is 29.3 Å². The van der Waals surface area contributed by atoms with Crippen LogP contribution >= 0.6 is 0 Å². The number of aromatic nitrogens is 4. The molecule has 0 aliphatic heterocycles. The van der Waals surface area contributed by atoms with Gasteiger partial charge < -0.3 is 10.1 Å². The second-order valence-corrected chi connectivity index (χ2v) is 4.46. The van der Waals surface area contributed by atoms with Crippen molar-refractivity contribution in [2.75, 3.05) is 19.8 Å². The van der Waals surface area contributed by atoms with Gasteiger partial charge in [-0.2, -0.15) is 0 Å². The van der Waals surface area contributed by atoms with E-state index in [1.807, 2.05) is 0 Å². The summed E-state index contributed by atoms with van der Waals surface area (Å²) in [5, 5.41) is 14.9. The van der Waals surface area contributed by atoms with Gasteiger partial charge in [0.15, 0.2) is 5.82 Å². The van der Waals surface area contributed by atoms with E-state index in [1.54, 1.807) is 4.68 Å². The number of ether oxygens (including phenoxy) is 1. The van der Waals surface area contributed by atoms with Crippen molar-refractivity contribution in [3.63, 3.8) is 0 Å². The number of rotatable bonds is 9. The van der Waals surface area contributed by atoms with Crippen molar-refractivity contribution < 1.29 is 4.74 Å². The first-order chi connectivity index (χ1) is 8.24. The van der Waals surface area contributed by atoms with Crippen LogP contribution in [0.1, 0.15) is 33.0 Å². The van der Waals surface area contributed by atoms with Crippen LogP contribution in [-0.4, -0.2) is 40.0 Å². The van der Waals surface area contributed by atoms with Crippen molar-refractivity contribution in [2.45, 2.75) is 40.3 Å². The Morgan fingerprint density at radius 2 is 2.24 bits per heavy atom. The quantitative estimate of drug-likeness (QED) is 0.649. The van der Waals surface area contributed by atoms with E-state index in [9.17, 15) is 0 Å². The van der Waals surface area contributed by atoms with E-state index in [2.05, 4.69) is 41.6 Å². The maximum absolute atomic E-state index is 5.51. The molecule has 1 aromatic heterocycles. The first-order valence-corrected chi connectivity index (χ1v) is 6.27. The van der Waals surface area contributed by atoms with Crippen LogP contribution in [0.4, 0.5) is 0 Å². The average molecular weight is 241 g/mol. The van der Waals surface area contributed by atoms with Crippen LogP contribution in [0.3, 0.4) is 0 Å². The van der Waals surface area contributed by atoms with E-state index in [-0.39, 0.29) is 0 Å². The lowest BCUT2D eigenvalue weighted by molar-refractivity contribution is 0.0999. The Morgan fingerprint density at radius 1 is 1.41 bits per heavy atom. The van der Waals surface area contributed by atoms with Crippen LogP contribution in [-0.2, 0) is 17.8 Å². The average Bonchev–Trinajstić information content (AvgIpc) is 2.72. The van der Waals surface area contributed by atoms with Crippen LogP contribution in [0.5, 0.6) is 0 Å². The number of hydrogen-bond acceptors (Lipinski definition) is 5. The van der Waals surface area contributed by atoms with Gasteiger partial charge >= 0.3 is 0 Å². The van der Waals surface area contributed by atoms with Gasteiger partial charge in [-0.25, -0.2) is 4.68 Å². The molecule has 0 atom stereocenters. The second-order valence-electron chi connectivity index (χ2n) is 4.46. The first kappa shape index (κ1) is 14.1. The minimum Gasteiger partial charge on any atom is -0.379 e. The number of nitrogens with zero attached hydrogens (tertiary/aromatic N) is 4. The fraction of sp³-hybridized carbons (Fsp3) is 0.909. The molecule has 98 valence electrons. The SMILES string of the molecule is CCCNCc1nnnn1CCOCC(C)C. The Hall–Kier alpha value is -1.01. The summed E-state index contributed by atoms with van der Waals surface area (Å²) < 4.78 is 7.31. The number of nitrogens with one attached hydrogen (secondary N) is 1. The summed E-state index contributed by atoms with van der Waals surface area (Å²) in [7, 11) is 0. The fourth-order valence-corrected chi connectivity index (χ4v) is 1.37. The van der Waals surface area contributed by atoms with Crippen LogP contribution in [0.2, 0.25) is 0 Å². The van der Waals surface area contributed by atoms with E-state index in [1.165, 1.54) is 0 Å². The summed E-state index contributed by atoms with van der Waals surface area (Å²) in [5.41, 5.74) is 0. The van der Waals surface area contributed by atoms with E-state index in [0.29, 0.717) is 25.6 Å². The van der Waals surface area contributed by atoms with Crippen LogP contribution in [0.25, 0.3) is 0 Å². The van der Waals surface area contributed by atoms with Gasteiger partial charge in [0.25, 0.3) is 0 Å². The minimum atomic E-state index is 0.564. The molecule has 1 aromatic rings. The summed E-state index contributed by atoms with van der Waals surface area (Å²) in [4.78, 5) is 0. The lowest BCUT2D eigenvalue weighted by atomic mass is 10.2. The Bertz CT molecular complexity index is 300. The van der Waals surface area contributed by atoms with E-state index >= 15 is 0 Å². The highest BCUT2D eigenvalue weighted by atomic mass is 16.5. The molecule has 0 aliphatic rings. The summed E-state index contributed by atoms with van der Waals surface area (Å²) in [6, 6.07) is 0. The van der Waals surface area contributed by atoms with Crippen molar-refractivity contribution in [2.24, 2.45) is 5.92 Å². The molecule has 0 fully saturated rings. The highest BCUT2D eigenvalue weighted by molar-refractivity contribution is 4.79. The molecule has 17 heavy (non-hydrogen) atoms. The number of tetrazole rings is 1. The van der Waals surface area contributed by atoms with E-state index < -0.39 is 0 Å². The van der Waals surface area contributed by atoms with Gasteiger partial charge in [0, 0.05) is 6.61 Å². The van der Waals surface area contributed by atoms with Gasteiger partial charge in [-0.1, -0.05) is 20.8 Å². The van der Waals surface area contributed by atoms with Crippen molar-refractivity contribution in [1.29, 1.82) is 0 Å². The maximum Gasteiger partial charge on any atom is 0.165 e. The smallest absolute Gasteiger partial charge is 0.165 e. The number of hydrogen-bond donors (Lipinski definition) is 1. The van der Waals surface area contributed by atoms with E-state index in [0.717, 1.165) is 25.4 Å². The normalized spacial score (nSPS) is 11.3. The predicted molar refractivity (Wildman–Crippen MR) is 65.5 cm³/mol. The zero-order valence-corrected chi connectivity index (χ0v) is 11.0. The topological polar surface area (TPSA) is 64.9 Å². The van der Waals surface area contributed by atoms with Crippen molar-refractivity contribution in [3.8, 4) is 0 Å². The van der Waals surface area contributed by atoms with Crippen molar-refractivity contribution >= 4 is 0 Å². The maximum atomic E-state index is 5.51. The highest BCUT2D eigenvalue weighted by Gasteiger charge is 2.04. The molecule has 6 nitrogen and oxygen atoms in total. The molecule has 1 rings (SSSR count). The molecule has 0 aromatic carbocycles. The van der Waals surface area contributed by atoms with Gasteiger partial charge in [0.2, 0.25) is 0 Å². The molecule has 0 radical (unpaired) electrons. The van der Waals surface area contributed by atoms with Gasteiger partial charge in [-0.15, -0.1) is 5.10 Å². The monoisotopic (exact) mass is 241 g/mol. The lowest BCUT2D eigenvalue weighted by Crippen LogP contribution is -2.19. The first-order valence-electron chi connectivity index (χ1n) is 6.27. The molecular formula is C11H23N5O. The summed E-state index contributed by atoms with van der Waals surface area (Å²) >= 11 is 0. The molecule has 0 spiro atoms. The third-order valence-corrected chi connectivity index (χ3v) is 2.21. The predicted octanol–water partition coefficient (Wildman–Crippen LogP) is 0.845. The zero-order chi connectivity index (χ0) is 12.5. The molecule has 1 heterocycles. The van der Waals surface area contributed by atoms with Gasteiger partial charge in [0.1, 0.15) is 0 Å². The molecule has 6 heteroatoms.